The standard InChI is InChI=1S/C10H12ClN3O/c1-2-14(7-3-4-7)10-8(5-15)9(11)12-6-13-10/h5-7H,2-4H2,1H3. The fourth-order valence-corrected chi connectivity index (χ4v) is 1.84. The monoisotopic (exact) mass is 225 g/mol. The van der Waals surface area contributed by atoms with Gasteiger partial charge in [0.25, 0.3) is 0 Å². The zero-order valence-electron chi connectivity index (χ0n) is 8.48. The molecule has 1 aliphatic rings. The van der Waals surface area contributed by atoms with E-state index in [2.05, 4.69) is 14.9 Å². The van der Waals surface area contributed by atoms with Crippen LogP contribution in [0.4, 0.5) is 5.82 Å². The molecule has 5 heteroatoms. The molecule has 1 saturated carbocycles. The molecule has 0 saturated heterocycles. The van der Waals surface area contributed by atoms with Crippen molar-refractivity contribution in [3.63, 3.8) is 0 Å². The highest BCUT2D eigenvalue weighted by molar-refractivity contribution is 6.32. The van der Waals surface area contributed by atoms with Crippen molar-refractivity contribution in [3.8, 4) is 0 Å². The number of anilines is 1. The molecule has 80 valence electrons. The number of aldehydes is 1. The van der Waals surface area contributed by atoms with Gasteiger partial charge in [0.05, 0.1) is 5.56 Å². The summed E-state index contributed by atoms with van der Waals surface area (Å²) < 4.78 is 0. The summed E-state index contributed by atoms with van der Waals surface area (Å²) in [6, 6.07) is 0.514. The maximum atomic E-state index is 10.9. The van der Waals surface area contributed by atoms with Crippen LogP contribution in [0.3, 0.4) is 0 Å². The van der Waals surface area contributed by atoms with Crippen LogP contribution >= 0.6 is 11.6 Å². The quantitative estimate of drug-likeness (QED) is 0.580. The highest BCUT2D eigenvalue weighted by Gasteiger charge is 2.30. The van der Waals surface area contributed by atoms with Crippen molar-refractivity contribution in [2.24, 2.45) is 0 Å². The van der Waals surface area contributed by atoms with Crippen LogP contribution in [-0.4, -0.2) is 28.8 Å². The Morgan fingerprint density at radius 3 is 2.87 bits per heavy atom. The molecular formula is C10H12ClN3O. The summed E-state index contributed by atoms with van der Waals surface area (Å²) in [4.78, 5) is 21.0. The molecule has 0 amide bonds. The normalized spacial score (nSPS) is 15.1. The van der Waals surface area contributed by atoms with Crippen molar-refractivity contribution < 1.29 is 4.79 Å². The average Bonchev–Trinajstić information content (AvgIpc) is 3.04. The van der Waals surface area contributed by atoms with Crippen molar-refractivity contribution in [1.82, 2.24) is 9.97 Å². The van der Waals surface area contributed by atoms with Gasteiger partial charge in [-0.3, -0.25) is 4.79 Å². The second-order valence-electron chi connectivity index (χ2n) is 3.54. The third-order valence-electron chi connectivity index (χ3n) is 2.53. The molecule has 15 heavy (non-hydrogen) atoms. The molecule has 1 heterocycles. The molecule has 0 N–H and O–H groups in total. The van der Waals surface area contributed by atoms with E-state index in [0.717, 1.165) is 25.7 Å². The molecule has 0 spiro atoms. The first-order chi connectivity index (χ1) is 7.27. The maximum Gasteiger partial charge on any atom is 0.156 e. The Bertz CT molecular complexity index is 379. The Hall–Kier alpha value is -1.16. The zero-order chi connectivity index (χ0) is 10.8. The van der Waals surface area contributed by atoms with E-state index >= 15 is 0 Å². The summed E-state index contributed by atoms with van der Waals surface area (Å²) in [5, 5.41) is 0.231. The molecule has 0 unspecified atom stereocenters. The number of hydrogen-bond acceptors (Lipinski definition) is 4. The van der Waals surface area contributed by atoms with Gasteiger partial charge in [0, 0.05) is 12.6 Å². The van der Waals surface area contributed by atoms with Crippen molar-refractivity contribution in [1.29, 1.82) is 0 Å². The van der Waals surface area contributed by atoms with Crippen LogP contribution in [-0.2, 0) is 0 Å². The van der Waals surface area contributed by atoms with Crippen molar-refractivity contribution >= 4 is 23.7 Å². The van der Waals surface area contributed by atoms with E-state index in [4.69, 9.17) is 11.6 Å². The number of carbonyl (C=O) groups is 1. The molecule has 1 aliphatic carbocycles. The van der Waals surface area contributed by atoms with E-state index in [1.165, 1.54) is 6.33 Å². The van der Waals surface area contributed by atoms with Crippen molar-refractivity contribution in [3.05, 3.63) is 17.0 Å². The number of aromatic nitrogens is 2. The minimum Gasteiger partial charge on any atom is -0.353 e. The summed E-state index contributed by atoms with van der Waals surface area (Å²) in [5.74, 6) is 0.662. The van der Waals surface area contributed by atoms with Gasteiger partial charge in [-0.25, -0.2) is 9.97 Å². The predicted octanol–water partition coefficient (Wildman–Crippen LogP) is 1.93. The third kappa shape index (κ3) is 1.95. The molecule has 2 rings (SSSR count). The minimum atomic E-state index is 0.231. The van der Waals surface area contributed by atoms with Gasteiger partial charge in [-0.05, 0) is 19.8 Å². The molecule has 1 fully saturated rings. The predicted molar refractivity (Wildman–Crippen MR) is 58.5 cm³/mol. The second kappa shape index (κ2) is 4.14. The summed E-state index contributed by atoms with van der Waals surface area (Å²) in [6.45, 7) is 2.88. The van der Waals surface area contributed by atoms with Gasteiger partial charge >= 0.3 is 0 Å². The van der Waals surface area contributed by atoms with E-state index in [0.29, 0.717) is 17.4 Å². The van der Waals surface area contributed by atoms with Gasteiger partial charge in [-0.2, -0.15) is 0 Å². The molecule has 0 bridgehead atoms. The van der Waals surface area contributed by atoms with E-state index in [1.807, 2.05) is 6.92 Å². The van der Waals surface area contributed by atoms with Crippen LogP contribution in [0, 0.1) is 0 Å². The molecule has 1 aromatic heterocycles. The summed E-state index contributed by atoms with van der Waals surface area (Å²) in [6.07, 6.45) is 4.44. The Balaban J connectivity index is 2.40. The molecule has 0 aliphatic heterocycles. The fraction of sp³-hybridized carbons (Fsp3) is 0.500. The smallest absolute Gasteiger partial charge is 0.156 e. The van der Waals surface area contributed by atoms with Gasteiger partial charge in [0.15, 0.2) is 6.29 Å². The molecule has 4 nitrogen and oxygen atoms in total. The van der Waals surface area contributed by atoms with Crippen LogP contribution < -0.4 is 4.90 Å². The third-order valence-corrected chi connectivity index (χ3v) is 2.83. The SMILES string of the molecule is CCN(c1ncnc(Cl)c1C=O)C1CC1. The number of halogens is 1. The highest BCUT2D eigenvalue weighted by atomic mass is 35.5. The first-order valence-electron chi connectivity index (χ1n) is 5.00. The first-order valence-corrected chi connectivity index (χ1v) is 5.38. The number of rotatable bonds is 4. The largest absolute Gasteiger partial charge is 0.353 e. The zero-order valence-corrected chi connectivity index (χ0v) is 9.24. The van der Waals surface area contributed by atoms with E-state index < -0.39 is 0 Å². The fourth-order valence-electron chi connectivity index (χ4n) is 1.66. The Morgan fingerprint density at radius 1 is 1.60 bits per heavy atom. The summed E-state index contributed by atoms with van der Waals surface area (Å²) in [7, 11) is 0. The Kier molecular flexibility index (Phi) is 2.86. The average molecular weight is 226 g/mol. The molecule has 0 aromatic carbocycles. The molecule has 1 aromatic rings. The van der Waals surface area contributed by atoms with Crippen LogP contribution in [0.5, 0.6) is 0 Å². The van der Waals surface area contributed by atoms with Gasteiger partial charge in [0.2, 0.25) is 0 Å². The van der Waals surface area contributed by atoms with Gasteiger partial charge in [-0.15, -0.1) is 0 Å². The minimum absolute atomic E-state index is 0.231. The number of carbonyl (C=O) groups excluding carboxylic acids is 1. The van der Waals surface area contributed by atoms with E-state index in [9.17, 15) is 4.79 Å². The van der Waals surface area contributed by atoms with Crippen LogP contribution in [0.25, 0.3) is 0 Å². The van der Waals surface area contributed by atoms with E-state index in [1.54, 1.807) is 0 Å². The lowest BCUT2D eigenvalue weighted by Gasteiger charge is -2.22. The Morgan fingerprint density at radius 2 is 2.33 bits per heavy atom. The number of hydrogen-bond donors (Lipinski definition) is 0. The second-order valence-corrected chi connectivity index (χ2v) is 3.89. The number of nitrogens with zero attached hydrogens (tertiary/aromatic N) is 3. The summed E-state index contributed by atoms with van der Waals surface area (Å²) >= 11 is 5.85. The van der Waals surface area contributed by atoms with Gasteiger partial charge in [0.1, 0.15) is 17.3 Å². The lowest BCUT2D eigenvalue weighted by Crippen LogP contribution is -2.27. The van der Waals surface area contributed by atoms with Crippen molar-refractivity contribution in [2.45, 2.75) is 25.8 Å². The van der Waals surface area contributed by atoms with Gasteiger partial charge in [-0.1, -0.05) is 11.6 Å². The Labute approximate surface area is 93.3 Å². The van der Waals surface area contributed by atoms with Crippen molar-refractivity contribution in [2.75, 3.05) is 11.4 Å². The van der Waals surface area contributed by atoms with E-state index in [-0.39, 0.29) is 5.15 Å². The first kappa shape index (κ1) is 10.4. The maximum absolute atomic E-state index is 10.9. The van der Waals surface area contributed by atoms with Crippen LogP contribution in [0.2, 0.25) is 5.15 Å². The molecular weight excluding hydrogens is 214 g/mol. The molecule has 0 radical (unpaired) electrons. The van der Waals surface area contributed by atoms with Crippen LogP contribution in [0.1, 0.15) is 30.1 Å². The topological polar surface area (TPSA) is 46.1 Å². The van der Waals surface area contributed by atoms with Gasteiger partial charge < -0.3 is 4.90 Å². The lowest BCUT2D eigenvalue weighted by molar-refractivity contribution is 0.112. The highest BCUT2D eigenvalue weighted by Crippen LogP contribution is 2.32. The molecule has 0 atom stereocenters. The van der Waals surface area contributed by atoms with Crippen LogP contribution in [0.15, 0.2) is 6.33 Å². The lowest BCUT2D eigenvalue weighted by atomic mass is 10.3. The summed E-state index contributed by atoms with van der Waals surface area (Å²) in [5.41, 5.74) is 0.396.